The molecule has 0 saturated heterocycles. The van der Waals surface area contributed by atoms with Gasteiger partial charge in [0.05, 0.1) is 0 Å². The Hall–Kier alpha value is -1.49. The molecule has 0 unspecified atom stereocenters. The largest absolute Gasteiger partial charge is 0.373 e. The molecule has 0 atom stereocenters. The van der Waals surface area contributed by atoms with Crippen LogP contribution in [0.5, 0.6) is 0 Å². The van der Waals surface area contributed by atoms with Crippen LogP contribution in [0.15, 0.2) is 11.4 Å². The maximum Gasteiger partial charge on any atom is 0.190 e. The summed E-state index contributed by atoms with van der Waals surface area (Å²) in [6.45, 7) is 6.22. The maximum absolute atomic E-state index is 4.56. The zero-order valence-electron chi connectivity index (χ0n) is 10.5. The fraction of sp³-hybridized carbons (Fsp3) is 0.417. The van der Waals surface area contributed by atoms with E-state index in [0.717, 1.165) is 22.2 Å². The summed E-state index contributed by atoms with van der Waals surface area (Å²) in [6, 6.07) is 1.98. The van der Waals surface area contributed by atoms with Crippen LogP contribution in [-0.2, 0) is 0 Å². The second-order valence-corrected chi connectivity index (χ2v) is 5.06. The molecular weight excluding hydrogens is 232 g/mol. The molecule has 2 rings (SSSR count). The highest BCUT2D eigenvalue weighted by molar-refractivity contribution is 7.13. The lowest BCUT2D eigenvalue weighted by molar-refractivity contribution is 0.817. The van der Waals surface area contributed by atoms with Crippen molar-refractivity contribution in [1.29, 1.82) is 0 Å². The maximum atomic E-state index is 4.56. The number of nitrogens with zero attached hydrogens (tertiary/aromatic N) is 3. The van der Waals surface area contributed by atoms with Gasteiger partial charge in [0.2, 0.25) is 0 Å². The number of aromatic nitrogens is 3. The van der Waals surface area contributed by atoms with Gasteiger partial charge in [-0.25, -0.2) is 15.0 Å². The Morgan fingerprint density at radius 3 is 2.53 bits per heavy atom. The van der Waals surface area contributed by atoms with Crippen LogP contribution in [0.2, 0.25) is 0 Å². The molecular formula is C12H16N4S. The van der Waals surface area contributed by atoms with Crippen molar-refractivity contribution in [1.82, 2.24) is 15.0 Å². The molecule has 90 valence electrons. The molecule has 2 aromatic heterocycles. The van der Waals surface area contributed by atoms with Crippen LogP contribution in [0.3, 0.4) is 0 Å². The normalized spacial score (nSPS) is 10.9. The van der Waals surface area contributed by atoms with E-state index in [1.165, 1.54) is 0 Å². The molecule has 2 aromatic rings. The number of rotatable bonds is 3. The number of anilines is 1. The standard InChI is InChI=1S/C12H16N4S/c1-7(2)9-5-10(13-4)16-11(15-9)12-14-8(3)6-17-12/h5-7H,1-4H3,(H,13,15,16). The molecule has 0 fully saturated rings. The first-order valence-electron chi connectivity index (χ1n) is 5.59. The predicted octanol–water partition coefficient (Wildman–Crippen LogP) is 3.07. The number of nitrogens with one attached hydrogen (secondary N) is 1. The molecule has 0 aliphatic heterocycles. The van der Waals surface area contributed by atoms with Crippen molar-refractivity contribution in [3.05, 3.63) is 22.8 Å². The zero-order chi connectivity index (χ0) is 12.4. The average Bonchev–Trinajstić information content (AvgIpc) is 2.75. The number of thiazole rings is 1. The highest BCUT2D eigenvalue weighted by atomic mass is 32.1. The third-order valence-electron chi connectivity index (χ3n) is 2.40. The van der Waals surface area contributed by atoms with Crippen molar-refractivity contribution in [2.75, 3.05) is 12.4 Å². The topological polar surface area (TPSA) is 50.7 Å². The summed E-state index contributed by atoms with van der Waals surface area (Å²) in [5.74, 6) is 1.93. The first kappa shape index (κ1) is 12.0. The lowest BCUT2D eigenvalue weighted by Gasteiger charge is -2.08. The van der Waals surface area contributed by atoms with Crippen molar-refractivity contribution in [3.63, 3.8) is 0 Å². The van der Waals surface area contributed by atoms with Gasteiger partial charge in [-0.3, -0.25) is 0 Å². The van der Waals surface area contributed by atoms with Gasteiger partial charge in [-0.15, -0.1) is 11.3 Å². The number of hydrogen-bond acceptors (Lipinski definition) is 5. The average molecular weight is 248 g/mol. The van der Waals surface area contributed by atoms with Crippen LogP contribution in [0, 0.1) is 6.92 Å². The van der Waals surface area contributed by atoms with Gasteiger partial charge in [0.15, 0.2) is 10.8 Å². The van der Waals surface area contributed by atoms with E-state index in [0.29, 0.717) is 11.7 Å². The monoisotopic (exact) mass is 248 g/mol. The molecule has 5 heteroatoms. The molecule has 0 bridgehead atoms. The van der Waals surface area contributed by atoms with E-state index in [9.17, 15) is 0 Å². The third kappa shape index (κ3) is 2.61. The molecule has 0 aromatic carbocycles. The van der Waals surface area contributed by atoms with Crippen LogP contribution >= 0.6 is 11.3 Å². The highest BCUT2D eigenvalue weighted by Crippen LogP contribution is 2.24. The van der Waals surface area contributed by atoms with E-state index in [1.807, 2.05) is 25.4 Å². The van der Waals surface area contributed by atoms with Crippen molar-refractivity contribution in [2.45, 2.75) is 26.7 Å². The Morgan fingerprint density at radius 1 is 1.24 bits per heavy atom. The van der Waals surface area contributed by atoms with Crippen molar-refractivity contribution in [3.8, 4) is 10.8 Å². The summed E-state index contributed by atoms with van der Waals surface area (Å²) in [6.07, 6.45) is 0. The second kappa shape index (κ2) is 4.79. The summed E-state index contributed by atoms with van der Waals surface area (Å²) in [5, 5.41) is 5.95. The molecule has 0 radical (unpaired) electrons. The van der Waals surface area contributed by atoms with E-state index in [1.54, 1.807) is 11.3 Å². The molecule has 4 nitrogen and oxygen atoms in total. The lowest BCUT2D eigenvalue weighted by atomic mass is 10.1. The first-order chi connectivity index (χ1) is 8.10. The quantitative estimate of drug-likeness (QED) is 0.907. The summed E-state index contributed by atoms with van der Waals surface area (Å²) >= 11 is 1.58. The Morgan fingerprint density at radius 2 is 2.00 bits per heavy atom. The minimum atomic E-state index is 0.380. The summed E-state index contributed by atoms with van der Waals surface area (Å²) < 4.78 is 0. The highest BCUT2D eigenvalue weighted by Gasteiger charge is 2.11. The minimum Gasteiger partial charge on any atom is -0.373 e. The van der Waals surface area contributed by atoms with Crippen LogP contribution in [0.25, 0.3) is 10.8 Å². The first-order valence-corrected chi connectivity index (χ1v) is 6.47. The summed E-state index contributed by atoms with van der Waals surface area (Å²) in [4.78, 5) is 13.4. The predicted molar refractivity (Wildman–Crippen MR) is 71.5 cm³/mol. The Bertz CT molecular complexity index is 519. The van der Waals surface area contributed by atoms with Crippen LogP contribution < -0.4 is 5.32 Å². The zero-order valence-corrected chi connectivity index (χ0v) is 11.3. The molecule has 0 aliphatic rings. The number of aryl methyl sites for hydroxylation is 1. The molecule has 0 amide bonds. The second-order valence-electron chi connectivity index (χ2n) is 4.20. The molecule has 17 heavy (non-hydrogen) atoms. The number of hydrogen-bond donors (Lipinski definition) is 1. The smallest absolute Gasteiger partial charge is 0.190 e. The molecule has 1 N–H and O–H groups in total. The Balaban J connectivity index is 2.49. The molecule has 2 heterocycles. The van der Waals surface area contributed by atoms with Gasteiger partial charge >= 0.3 is 0 Å². The van der Waals surface area contributed by atoms with Gasteiger partial charge in [-0.2, -0.15) is 0 Å². The van der Waals surface area contributed by atoms with E-state index in [-0.39, 0.29) is 0 Å². The summed E-state index contributed by atoms with van der Waals surface area (Å²) in [5.41, 5.74) is 2.04. The lowest BCUT2D eigenvalue weighted by Crippen LogP contribution is -2.02. The van der Waals surface area contributed by atoms with Crippen molar-refractivity contribution < 1.29 is 0 Å². The van der Waals surface area contributed by atoms with Gasteiger partial charge < -0.3 is 5.32 Å². The summed E-state index contributed by atoms with van der Waals surface area (Å²) in [7, 11) is 1.86. The minimum absolute atomic E-state index is 0.380. The molecule has 0 aliphatic carbocycles. The van der Waals surface area contributed by atoms with Crippen LogP contribution in [-0.4, -0.2) is 22.0 Å². The molecule has 0 spiro atoms. The fourth-order valence-electron chi connectivity index (χ4n) is 1.44. The van der Waals surface area contributed by atoms with Crippen LogP contribution in [0.4, 0.5) is 5.82 Å². The van der Waals surface area contributed by atoms with Gasteiger partial charge in [-0.05, 0) is 12.8 Å². The van der Waals surface area contributed by atoms with E-state index in [2.05, 4.69) is 34.1 Å². The molecule has 0 saturated carbocycles. The van der Waals surface area contributed by atoms with Gasteiger partial charge in [-0.1, -0.05) is 13.8 Å². The third-order valence-corrected chi connectivity index (χ3v) is 3.36. The van der Waals surface area contributed by atoms with E-state index >= 15 is 0 Å². The van der Waals surface area contributed by atoms with Gasteiger partial charge in [0, 0.05) is 29.9 Å². The fourth-order valence-corrected chi connectivity index (χ4v) is 2.17. The van der Waals surface area contributed by atoms with Gasteiger partial charge in [0.25, 0.3) is 0 Å². The van der Waals surface area contributed by atoms with Crippen LogP contribution in [0.1, 0.15) is 31.2 Å². The Kier molecular flexibility index (Phi) is 3.38. The Labute approximate surface area is 105 Å². The SMILES string of the molecule is CNc1cc(C(C)C)nc(-c2nc(C)cs2)n1. The van der Waals surface area contributed by atoms with Gasteiger partial charge in [0.1, 0.15) is 5.82 Å². The van der Waals surface area contributed by atoms with Crippen molar-refractivity contribution >= 4 is 17.2 Å². The van der Waals surface area contributed by atoms with E-state index < -0.39 is 0 Å². The van der Waals surface area contributed by atoms with E-state index in [4.69, 9.17) is 0 Å². The van der Waals surface area contributed by atoms with Crippen molar-refractivity contribution in [2.24, 2.45) is 0 Å².